The lowest BCUT2D eigenvalue weighted by atomic mass is 10.2. The number of halogens is 2. The largest absolute Gasteiger partial charge is 0.481 e. The molecular formula is C14H15Cl2NO3. The van der Waals surface area contributed by atoms with Gasteiger partial charge >= 0.3 is 5.97 Å². The van der Waals surface area contributed by atoms with Crippen LogP contribution in [0.25, 0.3) is 6.08 Å². The second kappa shape index (κ2) is 7.92. The van der Waals surface area contributed by atoms with Crippen molar-refractivity contribution in [2.45, 2.75) is 25.8 Å². The van der Waals surface area contributed by atoms with Crippen LogP contribution in [0.5, 0.6) is 0 Å². The van der Waals surface area contributed by atoms with E-state index in [0.29, 0.717) is 16.5 Å². The first-order chi connectivity index (χ1) is 9.38. The summed E-state index contributed by atoms with van der Waals surface area (Å²) >= 11 is 11.7. The van der Waals surface area contributed by atoms with E-state index < -0.39 is 5.97 Å². The highest BCUT2D eigenvalue weighted by atomic mass is 35.5. The second-order valence-electron chi connectivity index (χ2n) is 4.35. The van der Waals surface area contributed by atoms with Gasteiger partial charge in [-0.05, 0) is 37.1 Å². The van der Waals surface area contributed by atoms with Gasteiger partial charge in [-0.1, -0.05) is 29.3 Å². The molecule has 0 saturated carbocycles. The summed E-state index contributed by atoms with van der Waals surface area (Å²) in [4.78, 5) is 22.0. The molecule has 108 valence electrons. The Morgan fingerprint density at radius 2 is 2.05 bits per heavy atom. The lowest BCUT2D eigenvalue weighted by molar-refractivity contribution is -0.137. The molecule has 0 fully saturated rings. The number of aliphatic carboxylic acids is 1. The lowest BCUT2D eigenvalue weighted by Crippen LogP contribution is -2.31. The second-order valence-corrected chi connectivity index (χ2v) is 5.16. The molecule has 0 radical (unpaired) electrons. The SMILES string of the molecule is CC(CCC(=O)O)NC(=O)C=Cc1ccc(Cl)c(Cl)c1. The maximum Gasteiger partial charge on any atom is 0.303 e. The van der Waals surface area contributed by atoms with Crippen LogP contribution in [-0.2, 0) is 9.59 Å². The monoisotopic (exact) mass is 315 g/mol. The van der Waals surface area contributed by atoms with Crippen molar-refractivity contribution in [2.24, 2.45) is 0 Å². The number of hydrogen-bond donors (Lipinski definition) is 2. The van der Waals surface area contributed by atoms with E-state index in [4.69, 9.17) is 28.3 Å². The third kappa shape index (κ3) is 6.08. The van der Waals surface area contributed by atoms with Crippen molar-refractivity contribution in [2.75, 3.05) is 0 Å². The molecule has 0 aliphatic heterocycles. The van der Waals surface area contributed by atoms with E-state index in [1.807, 2.05) is 0 Å². The minimum Gasteiger partial charge on any atom is -0.481 e. The fourth-order valence-electron chi connectivity index (χ4n) is 1.49. The molecule has 0 aliphatic rings. The summed E-state index contributed by atoms with van der Waals surface area (Å²) in [5.74, 6) is -1.16. The topological polar surface area (TPSA) is 66.4 Å². The minimum atomic E-state index is -0.877. The third-order valence-electron chi connectivity index (χ3n) is 2.55. The number of rotatable bonds is 6. The maximum atomic E-state index is 11.6. The average molecular weight is 316 g/mol. The molecule has 1 unspecified atom stereocenters. The molecule has 0 aliphatic carbocycles. The first kappa shape index (κ1) is 16.5. The number of carbonyl (C=O) groups is 2. The molecule has 1 amide bonds. The van der Waals surface area contributed by atoms with Crippen LogP contribution in [0.2, 0.25) is 10.0 Å². The van der Waals surface area contributed by atoms with Crippen molar-refractivity contribution >= 4 is 41.2 Å². The normalized spacial score (nSPS) is 12.3. The highest BCUT2D eigenvalue weighted by molar-refractivity contribution is 6.42. The fraction of sp³-hybridized carbons (Fsp3) is 0.286. The van der Waals surface area contributed by atoms with E-state index in [1.165, 1.54) is 6.08 Å². The number of hydrogen-bond acceptors (Lipinski definition) is 2. The van der Waals surface area contributed by atoms with Gasteiger partial charge in [0.2, 0.25) is 5.91 Å². The van der Waals surface area contributed by atoms with E-state index in [9.17, 15) is 9.59 Å². The molecular weight excluding hydrogens is 301 g/mol. The van der Waals surface area contributed by atoms with Crippen molar-refractivity contribution in [1.29, 1.82) is 0 Å². The van der Waals surface area contributed by atoms with Gasteiger partial charge in [-0.3, -0.25) is 9.59 Å². The number of amides is 1. The first-order valence-corrected chi connectivity index (χ1v) is 6.79. The van der Waals surface area contributed by atoms with Crippen LogP contribution in [0.15, 0.2) is 24.3 Å². The Morgan fingerprint density at radius 1 is 1.35 bits per heavy atom. The molecule has 1 aromatic carbocycles. The van der Waals surface area contributed by atoms with E-state index in [-0.39, 0.29) is 18.4 Å². The average Bonchev–Trinajstić information content (AvgIpc) is 2.38. The van der Waals surface area contributed by atoms with Crippen LogP contribution in [0, 0.1) is 0 Å². The van der Waals surface area contributed by atoms with Crippen LogP contribution >= 0.6 is 23.2 Å². The van der Waals surface area contributed by atoms with E-state index in [0.717, 1.165) is 5.56 Å². The maximum absolute atomic E-state index is 11.6. The highest BCUT2D eigenvalue weighted by Crippen LogP contribution is 2.23. The van der Waals surface area contributed by atoms with Crippen LogP contribution in [0.1, 0.15) is 25.3 Å². The zero-order valence-electron chi connectivity index (χ0n) is 10.9. The Kier molecular flexibility index (Phi) is 6.55. The van der Waals surface area contributed by atoms with Gasteiger partial charge in [0, 0.05) is 18.5 Å². The fourth-order valence-corrected chi connectivity index (χ4v) is 1.80. The summed E-state index contributed by atoms with van der Waals surface area (Å²) in [6.45, 7) is 1.76. The summed E-state index contributed by atoms with van der Waals surface area (Å²) < 4.78 is 0. The summed E-state index contributed by atoms with van der Waals surface area (Å²) in [6, 6.07) is 4.85. The van der Waals surface area contributed by atoms with Crippen molar-refractivity contribution in [3.8, 4) is 0 Å². The van der Waals surface area contributed by atoms with Crippen molar-refractivity contribution in [3.63, 3.8) is 0 Å². The van der Waals surface area contributed by atoms with Crippen molar-refractivity contribution in [1.82, 2.24) is 5.32 Å². The molecule has 1 aromatic rings. The Hall–Kier alpha value is -1.52. The van der Waals surface area contributed by atoms with Gasteiger partial charge in [0.1, 0.15) is 0 Å². The number of benzene rings is 1. The lowest BCUT2D eigenvalue weighted by Gasteiger charge is -2.10. The smallest absolute Gasteiger partial charge is 0.303 e. The van der Waals surface area contributed by atoms with E-state index in [1.54, 1.807) is 31.2 Å². The van der Waals surface area contributed by atoms with Gasteiger partial charge in [-0.15, -0.1) is 0 Å². The minimum absolute atomic E-state index is 0.0257. The number of carbonyl (C=O) groups excluding carboxylic acids is 1. The molecule has 0 aromatic heterocycles. The Balaban J connectivity index is 2.50. The summed E-state index contributed by atoms with van der Waals surface area (Å²) in [7, 11) is 0. The molecule has 1 atom stereocenters. The summed E-state index contributed by atoms with van der Waals surface area (Å²) in [5.41, 5.74) is 0.757. The van der Waals surface area contributed by atoms with Gasteiger partial charge in [-0.25, -0.2) is 0 Å². The number of nitrogens with one attached hydrogen (secondary N) is 1. The number of carboxylic acids is 1. The predicted molar refractivity (Wildman–Crippen MR) is 80.0 cm³/mol. The van der Waals surface area contributed by atoms with Crippen LogP contribution in [0.4, 0.5) is 0 Å². The highest BCUT2D eigenvalue weighted by Gasteiger charge is 2.07. The molecule has 2 N–H and O–H groups in total. The third-order valence-corrected chi connectivity index (χ3v) is 3.29. The van der Waals surface area contributed by atoms with E-state index >= 15 is 0 Å². The first-order valence-electron chi connectivity index (χ1n) is 6.04. The Morgan fingerprint density at radius 3 is 2.65 bits per heavy atom. The Labute approximate surface area is 127 Å². The van der Waals surface area contributed by atoms with Crippen LogP contribution in [-0.4, -0.2) is 23.0 Å². The van der Waals surface area contributed by atoms with Gasteiger partial charge in [-0.2, -0.15) is 0 Å². The van der Waals surface area contributed by atoms with E-state index in [2.05, 4.69) is 5.32 Å². The zero-order valence-corrected chi connectivity index (χ0v) is 12.4. The zero-order chi connectivity index (χ0) is 15.1. The van der Waals surface area contributed by atoms with Crippen molar-refractivity contribution in [3.05, 3.63) is 39.9 Å². The van der Waals surface area contributed by atoms with Gasteiger partial charge < -0.3 is 10.4 Å². The summed E-state index contributed by atoms with van der Waals surface area (Å²) in [6.07, 6.45) is 3.40. The van der Waals surface area contributed by atoms with Crippen LogP contribution < -0.4 is 5.32 Å². The van der Waals surface area contributed by atoms with Crippen molar-refractivity contribution < 1.29 is 14.7 Å². The molecule has 0 saturated heterocycles. The molecule has 0 bridgehead atoms. The molecule has 20 heavy (non-hydrogen) atoms. The summed E-state index contributed by atoms with van der Waals surface area (Å²) in [5, 5.41) is 12.1. The molecule has 4 nitrogen and oxygen atoms in total. The number of carboxylic acid groups (broad SMARTS) is 1. The predicted octanol–water partition coefficient (Wildman–Crippen LogP) is 3.38. The quantitative estimate of drug-likeness (QED) is 0.791. The standard InChI is InChI=1S/C14H15Cl2NO3/c1-9(2-7-14(19)20)17-13(18)6-4-10-3-5-11(15)12(16)8-10/h3-6,8-9H,2,7H2,1H3,(H,17,18)(H,19,20). The Bertz CT molecular complexity index is 529. The van der Waals surface area contributed by atoms with Gasteiger partial charge in [0.25, 0.3) is 0 Å². The molecule has 0 heterocycles. The van der Waals surface area contributed by atoms with Gasteiger partial charge in [0.15, 0.2) is 0 Å². The van der Waals surface area contributed by atoms with Crippen LogP contribution in [0.3, 0.4) is 0 Å². The molecule has 0 spiro atoms. The van der Waals surface area contributed by atoms with Gasteiger partial charge in [0.05, 0.1) is 10.0 Å². The molecule has 6 heteroatoms. The molecule has 1 rings (SSSR count).